The predicted molar refractivity (Wildman–Crippen MR) is 220 cm³/mol. The minimum atomic E-state index is 0.315. The second-order valence-corrected chi connectivity index (χ2v) is 15.8. The van der Waals surface area contributed by atoms with Crippen molar-refractivity contribution in [1.29, 1.82) is 0 Å². The van der Waals surface area contributed by atoms with Gasteiger partial charge in [-0.2, -0.15) is 0 Å². The van der Waals surface area contributed by atoms with E-state index in [0.717, 1.165) is 32.1 Å². The molecule has 0 aromatic heterocycles. The van der Waals surface area contributed by atoms with Crippen molar-refractivity contribution >= 4 is 5.78 Å². The molecule has 1 aliphatic carbocycles. The molecule has 49 heavy (non-hydrogen) atoms. The Morgan fingerprint density at radius 3 is 1.39 bits per heavy atom. The lowest BCUT2D eigenvalue weighted by molar-refractivity contribution is -0.125. The number of hydrogen-bond donors (Lipinski definition) is 0. The summed E-state index contributed by atoms with van der Waals surface area (Å²) in [5, 5.41) is 0. The molecule has 0 aromatic carbocycles. The molecular weight excluding hydrogens is 595 g/mol. The van der Waals surface area contributed by atoms with Crippen molar-refractivity contribution in [2.45, 2.75) is 219 Å². The molecule has 1 saturated carbocycles. The van der Waals surface area contributed by atoms with Crippen molar-refractivity contribution in [2.24, 2.45) is 11.8 Å². The molecule has 0 spiro atoms. The lowest BCUT2D eigenvalue weighted by atomic mass is 9.79. The van der Waals surface area contributed by atoms with Gasteiger partial charge in [-0.25, -0.2) is 0 Å². The summed E-state index contributed by atoms with van der Waals surface area (Å²) >= 11 is 0. The Morgan fingerprint density at radius 1 is 0.551 bits per heavy atom. The quantitative estimate of drug-likeness (QED) is 0.0498. The van der Waals surface area contributed by atoms with Crippen LogP contribution in [0.15, 0.2) is 48.6 Å². The molecule has 1 aliphatic rings. The van der Waals surface area contributed by atoms with E-state index in [0.29, 0.717) is 23.7 Å². The Morgan fingerprint density at radius 2 is 0.959 bits per heavy atom. The first-order chi connectivity index (χ1) is 24.1. The van der Waals surface area contributed by atoms with E-state index < -0.39 is 0 Å². The minimum absolute atomic E-state index is 0.315. The highest BCUT2D eigenvalue weighted by molar-refractivity contribution is 5.81. The van der Waals surface area contributed by atoms with Gasteiger partial charge >= 0.3 is 0 Å². The summed E-state index contributed by atoms with van der Waals surface area (Å²) in [4.78, 5) is 15.8. The van der Waals surface area contributed by atoms with Gasteiger partial charge in [-0.05, 0) is 103 Å². The molecule has 0 aliphatic heterocycles. The molecule has 0 radical (unpaired) electrons. The summed E-state index contributed by atoms with van der Waals surface area (Å²) < 4.78 is 0. The van der Waals surface area contributed by atoms with E-state index in [9.17, 15) is 4.79 Å². The van der Waals surface area contributed by atoms with Crippen molar-refractivity contribution in [3.05, 3.63) is 48.6 Å². The van der Waals surface area contributed by atoms with E-state index >= 15 is 0 Å². The van der Waals surface area contributed by atoms with E-state index in [-0.39, 0.29) is 0 Å². The standard InChI is InChI=1S/C47H85NO/c1-5-7-9-11-13-15-17-19-21-23-25-27-29-31-33-35-38-44(42-47(49)45-40-37-41-46(43-45)48(3)4)39-36-34-32-30-28-26-24-22-20-18-16-14-12-10-8-6-2/h13-16,19-22,44-46H,5-12,17-18,23-43H2,1-4H3. The Labute approximate surface area is 308 Å². The third-order valence-electron chi connectivity index (χ3n) is 10.9. The van der Waals surface area contributed by atoms with Crippen molar-refractivity contribution in [3.8, 4) is 0 Å². The van der Waals surface area contributed by atoms with E-state index in [1.165, 1.54) is 167 Å². The topological polar surface area (TPSA) is 20.3 Å². The van der Waals surface area contributed by atoms with Crippen LogP contribution >= 0.6 is 0 Å². The Hall–Kier alpha value is -1.41. The van der Waals surface area contributed by atoms with Crippen molar-refractivity contribution in [3.63, 3.8) is 0 Å². The molecule has 1 fully saturated rings. The fourth-order valence-corrected chi connectivity index (χ4v) is 7.57. The van der Waals surface area contributed by atoms with Crippen molar-refractivity contribution < 1.29 is 4.79 Å². The zero-order chi connectivity index (χ0) is 35.5. The maximum atomic E-state index is 13.5. The number of nitrogens with zero attached hydrogens (tertiary/aromatic N) is 1. The molecular formula is C47H85NO. The van der Waals surface area contributed by atoms with Crippen LogP contribution in [0, 0.1) is 11.8 Å². The van der Waals surface area contributed by atoms with Crippen LogP contribution < -0.4 is 0 Å². The predicted octanol–water partition coefficient (Wildman–Crippen LogP) is 15.1. The lowest BCUT2D eigenvalue weighted by Gasteiger charge is -2.33. The number of ketones is 1. The molecule has 0 N–H and O–H groups in total. The van der Waals surface area contributed by atoms with Crippen LogP contribution in [0.2, 0.25) is 0 Å². The highest BCUT2D eigenvalue weighted by Gasteiger charge is 2.29. The highest BCUT2D eigenvalue weighted by atomic mass is 16.1. The first-order valence-corrected chi connectivity index (χ1v) is 21.9. The zero-order valence-electron chi connectivity index (χ0n) is 33.6. The van der Waals surface area contributed by atoms with Gasteiger partial charge in [0.25, 0.3) is 0 Å². The Bertz CT molecular complexity index is 787. The molecule has 284 valence electrons. The summed E-state index contributed by atoms with van der Waals surface area (Å²) in [6.45, 7) is 4.54. The first-order valence-electron chi connectivity index (χ1n) is 21.9. The van der Waals surface area contributed by atoms with Gasteiger partial charge in [-0.3, -0.25) is 4.79 Å². The van der Waals surface area contributed by atoms with Gasteiger partial charge in [0.2, 0.25) is 0 Å². The van der Waals surface area contributed by atoms with Crippen LogP contribution in [0.1, 0.15) is 213 Å². The summed E-state index contributed by atoms with van der Waals surface area (Å²) in [6.07, 6.45) is 58.3. The fourth-order valence-electron chi connectivity index (χ4n) is 7.57. The van der Waals surface area contributed by atoms with E-state index in [2.05, 4.69) is 81.5 Å². The van der Waals surface area contributed by atoms with Crippen LogP contribution in [-0.2, 0) is 4.79 Å². The van der Waals surface area contributed by atoms with Crippen LogP contribution in [-0.4, -0.2) is 30.8 Å². The van der Waals surface area contributed by atoms with E-state index in [1.54, 1.807) is 0 Å². The van der Waals surface area contributed by atoms with Crippen LogP contribution in [0.25, 0.3) is 0 Å². The minimum Gasteiger partial charge on any atom is -0.306 e. The molecule has 2 atom stereocenters. The normalized spacial score (nSPS) is 17.9. The molecule has 2 heteroatoms. The van der Waals surface area contributed by atoms with Gasteiger partial charge in [0.15, 0.2) is 0 Å². The van der Waals surface area contributed by atoms with Crippen molar-refractivity contribution in [2.75, 3.05) is 14.1 Å². The molecule has 0 aromatic rings. The maximum Gasteiger partial charge on any atom is 0.136 e. The van der Waals surface area contributed by atoms with Gasteiger partial charge in [-0.1, -0.05) is 172 Å². The molecule has 2 unspecified atom stereocenters. The second kappa shape index (κ2) is 35.0. The van der Waals surface area contributed by atoms with Gasteiger partial charge in [0.05, 0.1) is 0 Å². The number of rotatable bonds is 34. The van der Waals surface area contributed by atoms with Crippen LogP contribution in [0.4, 0.5) is 0 Å². The number of carbonyl (C=O) groups excluding carboxylic acids is 1. The molecule has 0 saturated heterocycles. The van der Waals surface area contributed by atoms with Gasteiger partial charge in [0, 0.05) is 18.4 Å². The van der Waals surface area contributed by atoms with E-state index in [4.69, 9.17) is 0 Å². The van der Waals surface area contributed by atoms with Gasteiger partial charge < -0.3 is 4.90 Å². The summed E-state index contributed by atoms with van der Waals surface area (Å²) in [6, 6.07) is 0.599. The lowest BCUT2D eigenvalue weighted by Crippen LogP contribution is -2.36. The first kappa shape index (κ1) is 45.6. The maximum absolute atomic E-state index is 13.5. The monoisotopic (exact) mass is 680 g/mol. The third kappa shape index (κ3) is 28.9. The smallest absolute Gasteiger partial charge is 0.136 e. The van der Waals surface area contributed by atoms with Crippen LogP contribution in [0.5, 0.6) is 0 Å². The molecule has 0 bridgehead atoms. The van der Waals surface area contributed by atoms with E-state index in [1.807, 2.05) is 0 Å². The number of hydrogen-bond acceptors (Lipinski definition) is 2. The SMILES string of the molecule is CCCCCC=CCC=CCCCCCCCCC(CCCCCCCCC=CCC=CCCCCC)CC(=O)C1CCCC(N(C)C)C1. The number of carbonyl (C=O) groups is 1. The van der Waals surface area contributed by atoms with Gasteiger partial charge in [0.1, 0.15) is 5.78 Å². The summed E-state index contributed by atoms with van der Waals surface area (Å²) in [5.74, 6) is 1.52. The van der Waals surface area contributed by atoms with Crippen molar-refractivity contribution in [1.82, 2.24) is 4.90 Å². The average Bonchev–Trinajstić information content (AvgIpc) is 3.11. The summed E-state index contributed by atoms with van der Waals surface area (Å²) in [7, 11) is 4.38. The largest absolute Gasteiger partial charge is 0.306 e. The zero-order valence-corrected chi connectivity index (χ0v) is 33.6. The molecule has 1 rings (SSSR count). The molecule has 0 heterocycles. The summed E-state index contributed by atoms with van der Waals surface area (Å²) in [5.41, 5.74) is 0. The molecule has 0 amide bonds. The number of Topliss-reactive ketones (excluding diaryl/α,β-unsaturated/α-hetero) is 1. The average molecular weight is 680 g/mol. The number of allylic oxidation sites excluding steroid dienone is 8. The third-order valence-corrected chi connectivity index (χ3v) is 10.9. The fraction of sp³-hybridized carbons (Fsp3) is 0.809. The second-order valence-electron chi connectivity index (χ2n) is 15.8. The van der Waals surface area contributed by atoms with Crippen LogP contribution in [0.3, 0.4) is 0 Å². The van der Waals surface area contributed by atoms with Gasteiger partial charge in [-0.15, -0.1) is 0 Å². The molecule has 2 nitrogen and oxygen atoms in total. The Balaban J connectivity index is 2.25. The Kier molecular flexibility index (Phi) is 32.6. The number of unbranched alkanes of at least 4 members (excludes halogenated alkanes) is 18. The highest BCUT2D eigenvalue weighted by Crippen LogP contribution is 2.31.